The van der Waals surface area contributed by atoms with E-state index in [0.717, 1.165) is 25.9 Å². The predicted molar refractivity (Wildman–Crippen MR) is 71.8 cm³/mol. The summed E-state index contributed by atoms with van der Waals surface area (Å²) in [5, 5.41) is 10.9. The predicted octanol–water partition coefficient (Wildman–Crippen LogP) is 0.589. The third-order valence-electron chi connectivity index (χ3n) is 3.54. The van der Waals surface area contributed by atoms with Crippen LogP contribution in [-0.2, 0) is 7.05 Å². The average Bonchev–Trinajstić information content (AvgIpc) is 2.77. The van der Waals surface area contributed by atoms with Crippen LogP contribution in [0.2, 0.25) is 0 Å². The first kappa shape index (κ1) is 13.0. The van der Waals surface area contributed by atoms with Gasteiger partial charge in [0.25, 0.3) is 5.91 Å². The van der Waals surface area contributed by atoms with Crippen molar-refractivity contribution in [2.75, 3.05) is 13.1 Å². The molecule has 0 spiro atoms. The summed E-state index contributed by atoms with van der Waals surface area (Å²) in [5.41, 5.74) is 0.675. The van der Waals surface area contributed by atoms with E-state index in [9.17, 15) is 9.18 Å². The Balaban J connectivity index is 1.87. The molecule has 20 heavy (non-hydrogen) atoms. The number of piperidine rings is 1. The Morgan fingerprint density at radius 3 is 2.95 bits per heavy atom. The molecule has 0 saturated carbocycles. The van der Waals surface area contributed by atoms with E-state index in [1.54, 1.807) is 13.1 Å². The van der Waals surface area contributed by atoms with E-state index >= 15 is 0 Å². The zero-order chi connectivity index (χ0) is 14.1. The van der Waals surface area contributed by atoms with Crippen LogP contribution in [-0.4, -0.2) is 39.8 Å². The summed E-state index contributed by atoms with van der Waals surface area (Å²) < 4.78 is 14.6. The van der Waals surface area contributed by atoms with Crippen molar-refractivity contribution >= 4 is 16.9 Å². The normalized spacial score (nSPS) is 16.5. The number of carbonyl (C=O) groups excluding carboxylic acids is 1. The van der Waals surface area contributed by atoms with E-state index in [1.165, 1.54) is 10.7 Å². The van der Waals surface area contributed by atoms with Gasteiger partial charge in [0, 0.05) is 13.1 Å². The van der Waals surface area contributed by atoms with E-state index < -0.39 is 5.95 Å². The summed E-state index contributed by atoms with van der Waals surface area (Å²) in [6, 6.07) is 2.95. The van der Waals surface area contributed by atoms with Gasteiger partial charge in [0.1, 0.15) is 0 Å². The molecule has 2 N–H and O–H groups in total. The van der Waals surface area contributed by atoms with Crippen molar-refractivity contribution in [1.82, 2.24) is 25.4 Å². The molecule has 0 aliphatic carbocycles. The molecule has 0 unspecified atom stereocenters. The molecular weight excluding hydrogens is 261 g/mol. The van der Waals surface area contributed by atoms with Gasteiger partial charge in [0.05, 0.1) is 5.39 Å². The molecule has 0 aromatic carbocycles. The molecule has 3 rings (SSSR count). The van der Waals surface area contributed by atoms with Crippen LogP contribution in [0.15, 0.2) is 12.1 Å². The Kier molecular flexibility index (Phi) is 3.35. The van der Waals surface area contributed by atoms with Crippen LogP contribution < -0.4 is 10.6 Å². The summed E-state index contributed by atoms with van der Waals surface area (Å²) in [5.74, 6) is -0.804. The maximum absolute atomic E-state index is 13.1. The van der Waals surface area contributed by atoms with Gasteiger partial charge in [-0.2, -0.15) is 14.5 Å². The highest BCUT2D eigenvalue weighted by molar-refractivity contribution is 6.04. The van der Waals surface area contributed by atoms with Crippen molar-refractivity contribution in [3.05, 3.63) is 23.8 Å². The smallest absolute Gasteiger partial charge is 0.272 e. The molecule has 7 heteroatoms. The molecule has 1 aliphatic heterocycles. The Labute approximate surface area is 115 Å². The van der Waals surface area contributed by atoms with Crippen LogP contribution in [0.3, 0.4) is 0 Å². The monoisotopic (exact) mass is 277 g/mol. The average molecular weight is 277 g/mol. The third-order valence-corrected chi connectivity index (χ3v) is 3.54. The molecule has 2 aromatic rings. The lowest BCUT2D eigenvalue weighted by Gasteiger charge is -2.23. The minimum Gasteiger partial charge on any atom is -0.348 e. The lowest BCUT2D eigenvalue weighted by molar-refractivity contribution is 0.0925. The first-order valence-corrected chi connectivity index (χ1v) is 6.66. The Hall–Kier alpha value is -2.02. The summed E-state index contributed by atoms with van der Waals surface area (Å²) >= 11 is 0. The molecule has 1 fully saturated rings. The number of aryl methyl sites for hydroxylation is 1. The van der Waals surface area contributed by atoms with E-state index in [0.29, 0.717) is 16.7 Å². The van der Waals surface area contributed by atoms with Crippen molar-refractivity contribution in [2.24, 2.45) is 7.05 Å². The molecular formula is C13H16FN5O. The second-order valence-corrected chi connectivity index (χ2v) is 4.98. The van der Waals surface area contributed by atoms with Gasteiger partial charge in [0.2, 0.25) is 5.95 Å². The molecule has 6 nitrogen and oxygen atoms in total. The minimum atomic E-state index is -0.578. The molecule has 0 radical (unpaired) electrons. The van der Waals surface area contributed by atoms with Crippen molar-refractivity contribution < 1.29 is 9.18 Å². The summed E-state index contributed by atoms with van der Waals surface area (Å²) in [6.07, 6.45) is 1.81. The minimum absolute atomic E-state index is 0.161. The number of aromatic nitrogens is 3. The quantitative estimate of drug-likeness (QED) is 0.788. The van der Waals surface area contributed by atoms with E-state index in [4.69, 9.17) is 0 Å². The number of rotatable bonds is 2. The van der Waals surface area contributed by atoms with Crippen LogP contribution in [0.5, 0.6) is 0 Å². The number of fused-ring (bicyclic) bond motifs is 1. The summed E-state index contributed by atoms with van der Waals surface area (Å²) in [7, 11) is 1.65. The third kappa shape index (κ3) is 2.36. The second-order valence-electron chi connectivity index (χ2n) is 4.98. The van der Waals surface area contributed by atoms with Gasteiger partial charge in [-0.25, -0.2) is 4.68 Å². The number of hydrogen-bond donors (Lipinski definition) is 2. The lowest BCUT2D eigenvalue weighted by atomic mass is 10.1. The molecule has 0 atom stereocenters. The standard InChI is InChI=1S/C13H16FN5O/c1-19-12-9(2-3-10(14)17-12)11(18-19)13(20)16-8-4-6-15-7-5-8/h2-3,8,15H,4-7H2,1H3,(H,16,20). The van der Waals surface area contributed by atoms with Crippen LogP contribution in [0, 0.1) is 5.95 Å². The molecule has 1 aliphatic rings. The highest BCUT2D eigenvalue weighted by Gasteiger charge is 2.21. The fourth-order valence-corrected chi connectivity index (χ4v) is 2.50. The van der Waals surface area contributed by atoms with Gasteiger partial charge >= 0.3 is 0 Å². The number of pyridine rings is 1. The van der Waals surface area contributed by atoms with Gasteiger partial charge in [-0.05, 0) is 38.1 Å². The lowest BCUT2D eigenvalue weighted by Crippen LogP contribution is -2.42. The van der Waals surface area contributed by atoms with Crippen LogP contribution >= 0.6 is 0 Å². The number of carbonyl (C=O) groups is 1. The van der Waals surface area contributed by atoms with Gasteiger partial charge < -0.3 is 10.6 Å². The number of nitrogens with zero attached hydrogens (tertiary/aromatic N) is 3. The van der Waals surface area contributed by atoms with Crippen molar-refractivity contribution in [3.63, 3.8) is 0 Å². The van der Waals surface area contributed by atoms with Crippen LogP contribution in [0.4, 0.5) is 4.39 Å². The first-order chi connectivity index (χ1) is 9.65. The maximum Gasteiger partial charge on any atom is 0.272 e. The Morgan fingerprint density at radius 1 is 1.45 bits per heavy atom. The Morgan fingerprint density at radius 2 is 2.20 bits per heavy atom. The molecule has 3 heterocycles. The largest absolute Gasteiger partial charge is 0.348 e. The zero-order valence-electron chi connectivity index (χ0n) is 11.2. The molecule has 1 amide bonds. The zero-order valence-corrected chi connectivity index (χ0v) is 11.2. The van der Waals surface area contributed by atoms with Crippen molar-refractivity contribution in [2.45, 2.75) is 18.9 Å². The first-order valence-electron chi connectivity index (χ1n) is 6.66. The topological polar surface area (TPSA) is 71.8 Å². The van der Waals surface area contributed by atoms with Crippen molar-refractivity contribution in [3.8, 4) is 0 Å². The Bertz CT molecular complexity index is 647. The molecule has 0 bridgehead atoms. The number of amides is 1. The van der Waals surface area contributed by atoms with Gasteiger partial charge in [0.15, 0.2) is 11.3 Å². The van der Waals surface area contributed by atoms with E-state index in [1.807, 2.05) is 0 Å². The van der Waals surface area contributed by atoms with Crippen LogP contribution in [0.1, 0.15) is 23.3 Å². The van der Waals surface area contributed by atoms with E-state index in [-0.39, 0.29) is 11.9 Å². The van der Waals surface area contributed by atoms with Gasteiger partial charge in [-0.15, -0.1) is 0 Å². The van der Waals surface area contributed by atoms with Gasteiger partial charge in [-0.1, -0.05) is 0 Å². The fraction of sp³-hybridized carbons (Fsp3) is 0.462. The SMILES string of the molecule is Cn1nc(C(=O)NC2CCNCC2)c2ccc(F)nc21. The summed E-state index contributed by atoms with van der Waals surface area (Å²) in [4.78, 5) is 16.1. The fourth-order valence-electron chi connectivity index (χ4n) is 2.50. The number of hydrogen-bond acceptors (Lipinski definition) is 4. The van der Waals surface area contributed by atoms with E-state index in [2.05, 4.69) is 20.7 Å². The number of nitrogens with one attached hydrogen (secondary N) is 2. The molecule has 1 saturated heterocycles. The van der Waals surface area contributed by atoms with Crippen molar-refractivity contribution in [1.29, 1.82) is 0 Å². The molecule has 2 aromatic heterocycles. The highest BCUT2D eigenvalue weighted by atomic mass is 19.1. The molecule has 106 valence electrons. The maximum atomic E-state index is 13.1. The number of halogens is 1. The van der Waals surface area contributed by atoms with Crippen LogP contribution in [0.25, 0.3) is 11.0 Å². The summed E-state index contributed by atoms with van der Waals surface area (Å²) in [6.45, 7) is 1.81. The second kappa shape index (κ2) is 5.16. The van der Waals surface area contributed by atoms with Gasteiger partial charge in [-0.3, -0.25) is 4.79 Å². The highest BCUT2D eigenvalue weighted by Crippen LogP contribution is 2.17.